The molecule has 9 heteroatoms. The van der Waals surface area contributed by atoms with Crippen molar-refractivity contribution in [3.05, 3.63) is 11.8 Å². The second kappa shape index (κ2) is 8.98. The zero-order chi connectivity index (χ0) is 25.0. The van der Waals surface area contributed by atoms with Crippen LogP contribution in [0.4, 0.5) is 4.79 Å². The van der Waals surface area contributed by atoms with Crippen LogP contribution in [0.5, 0.6) is 5.88 Å². The van der Waals surface area contributed by atoms with Gasteiger partial charge in [0, 0.05) is 18.1 Å². The number of amides is 2. The molecule has 0 radical (unpaired) electrons. The van der Waals surface area contributed by atoms with E-state index in [0.29, 0.717) is 67.8 Å². The zero-order valence-corrected chi connectivity index (χ0v) is 21.5. The maximum Gasteiger partial charge on any atom is 0.410 e. The van der Waals surface area contributed by atoms with Crippen LogP contribution in [-0.4, -0.2) is 68.7 Å². The van der Waals surface area contributed by atoms with E-state index in [2.05, 4.69) is 24.3 Å². The van der Waals surface area contributed by atoms with Crippen LogP contribution < -0.4 is 10.1 Å². The van der Waals surface area contributed by atoms with Gasteiger partial charge in [-0.05, 0) is 76.0 Å². The number of cyclic esters (lactones) is 1. The topological polar surface area (TPSA) is 106 Å². The fourth-order valence-electron chi connectivity index (χ4n) is 6.99. The fourth-order valence-corrected chi connectivity index (χ4v) is 6.99. The Labute approximate surface area is 207 Å². The van der Waals surface area contributed by atoms with E-state index < -0.39 is 11.1 Å². The minimum Gasteiger partial charge on any atom is -0.477 e. The molecule has 4 aliphatic carbocycles. The molecule has 5 aliphatic rings. The van der Waals surface area contributed by atoms with Gasteiger partial charge in [-0.1, -0.05) is 13.8 Å². The van der Waals surface area contributed by atoms with Crippen LogP contribution in [-0.2, 0) is 11.3 Å². The van der Waals surface area contributed by atoms with Crippen molar-refractivity contribution in [2.24, 2.45) is 23.7 Å². The monoisotopic (exact) mass is 488 g/mol. The zero-order valence-electron chi connectivity index (χ0n) is 21.5. The number of aryl methyl sites for hydroxylation is 1. The van der Waals surface area contributed by atoms with E-state index in [-0.39, 0.29) is 18.0 Å². The molecular formula is C26H40N4O5. The molecule has 2 N–H and O–H groups in total. The molecule has 35 heavy (non-hydrogen) atoms. The van der Waals surface area contributed by atoms with Crippen molar-refractivity contribution >= 4 is 12.0 Å². The Kier molecular flexibility index (Phi) is 6.26. The quantitative estimate of drug-likeness (QED) is 0.553. The van der Waals surface area contributed by atoms with Gasteiger partial charge < -0.3 is 19.9 Å². The summed E-state index contributed by atoms with van der Waals surface area (Å²) in [5.41, 5.74) is -0.475. The largest absolute Gasteiger partial charge is 0.477 e. The van der Waals surface area contributed by atoms with Crippen LogP contribution in [0.15, 0.2) is 6.20 Å². The molecule has 2 heterocycles. The molecule has 2 atom stereocenters. The molecule has 194 valence electrons. The van der Waals surface area contributed by atoms with Gasteiger partial charge in [0.2, 0.25) is 5.88 Å². The van der Waals surface area contributed by atoms with Crippen LogP contribution in [0, 0.1) is 23.7 Å². The number of aliphatic hydroxyl groups is 1. The standard InChI is InChI=1S/C26H40N4O5/c1-16(2)15-35-23-20(14-27-30(23)6-5-25(3,4)29-7-8-34-24(29)32)22(31)28-21-18-9-17-10-19(21)13-26(33,11-17)12-18/h14,16-19,21,33H,5-13,15H2,1-4H3,(H,28,31)/t17?,18?,19?,21-,26-. The van der Waals surface area contributed by atoms with Gasteiger partial charge in [0.15, 0.2) is 0 Å². The van der Waals surface area contributed by atoms with Crippen LogP contribution in [0.25, 0.3) is 0 Å². The molecule has 6 rings (SSSR count). The molecule has 1 saturated heterocycles. The Bertz CT molecular complexity index is 957. The first-order valence-corrected chi connectivity index (χ1v) is 13.2. The number of aromatic nitrogens is 2. The van der Waals surface area contributed by atoms with Crippen molar-refractivity contribution in [1.29, 1.82) is 0 Å². The van der Waals surface area contributed by atoms with Crippen molar-refractivity contribution in [1.82, 2.24) is 20.0 Å². The molecule has 1 aliphatic heterocycles. The van der Waals surface area contributed by atoms with Crippen LogP contribution in [0.3, 0.4) is 0 Å². The lowest BCUT2D eigenvalue weighted by Crippen LogP contribution is -2.61. The lowest BCUT2D eigenvalue weighted by Gasteiger charge is -2.58. The molecular weight excluding hydrogens is 448 g/mol. The van der Waals surface area contributed by atoms with E-state index in [0.717, 1.165) is 32.1 Å². The van der Waals surface area contributed by atoms with Crippen molar-refractivity contribution in [2.45, 2.75) is 89.9 Å². The van der Waals surface area contributed by atoms with E-state index in [1.165, 1.54) is 0 Å². The first kappa shape index (κ1) is 24.4. The third-order valence-corrected chi connectivity index (χ3v) is 8.55. The van der Waals surface area contributed by atoms with E-state index in [1.807, 2.05) is 13.8 Å². The highest BCUT2D eigenvalue weighted by Gasteiger charge is 2.55. The SMILES string of the molecule is CC(C)COc1c(C(=O)N[C@H]2C3CC4CC2C[C@](O)(C4)C3)cnn1CCC(C)(C)N1CCOC1=O. The summed E-state index contributed by atoms with van der Waals surface area (Å²) in [5, 5.41) is 18.7. The molecule has 4 saturated carbocycles. The molecule has 5 fully saturated rings. The number of hydrogen-bond donors (Lipinski definition) is 2. The Morgan fingerprint density at radius 1 is 1.31 bits per heavy atom. The first-order chi connectivity index (χ1) is 16.5. The van der Waals surface area contributed by atoms with Crippen molar-refractivity contribution in [3.63, 3.8) is 0 Å². The van der Waals surface area contributed by atoms with Gasteiger partial charge in [-0.2, -0.15) is 5.10 Å². The van der Waals surface area contributed by atoms with Gasteiger partial charge in [0.1, 0.15) is 12.2 Å². The lowest BCUT2D eigenvalue weighted by molar-refractivity contribution is -0.136. The molecule has 2 unspecified atom stereocenters. The van der Waals surface area contributed by atoms with Crippen molar-refractivity contribution in [3.8, 4) is 5.88 Å². The van der Waals surface area contributed by atoms with Crippen molar-refractivity contribution in [2.75, 3.05) is 19.8 Å². The van der Waals surface area contributed by atoms with Crippen LogP contribution in [0.1, 0.15) is 76.6 Å². The predicted octanol–water partition coefficient (Wildman–Crippen LogP) is 3.21. The van der Waals surface area contributed by atoms with Gasteiger partial charge in [0.25, 0.3) is 5.91 Å². The van der Waals surface area contributed by atoms with E-state index in [9.17, 15) is 14.7 Å². The second-order valence-electron chi connectivity index (χ2n) is 12.3. The Morgan fingerprint density at radius 2 is 2.03 bits per heavy atom. The maximum absolute atomic E-state index is 13.5. The summed E-state index contributed by atoms with van der Waals surface area (Å²) in [5.74, 6) is 1.91. The highest BCUT2D eigenvalue weighted by Crippen LogP contribution is 2.55. The summed E-state index contributed by atoms with van der Waals surface area (Å²) < 4.78 is 13.0. The maximum atomic E-state index is 13.5. The predicted molar refractivity (Wildman–Crippen MR) is 129 cm³/mol. The number of carbonyl (C=O) groups is 2. The van der Waals surface area contributed by atoms with Gasteiger partial charge in [-0.3, -0.25) is 9.69 Å². The molecule has 2 amide bonds. The third kappa shape index (κ3) is 4.76. The number of carbonyl (C=O) groups excluding carboxylic acids is 2. The summed E-state index contributed by atoms with van der Waals surface area (Å²) in [6.45, 7) is 10.2. The number of hydrogen-bond acceptors (Lipinski definition) is 6. The molecule has 9 nitrogen and oxygen atoms in total. The fraction of sp³-hybridized carbons (Fsp3) is 0.808. The Morgan fingerprint density at radius 3 is 2.63 bits per heavy atom. The first-order valence-electron chi connectivity index (χ1n) is 13.2. The van der Waals surface area contributed by atoms with E-state index in [4.69, 9.17) is 9.47 Å². The van der Waals surface area contributed by atoms with Gasteiger partial charge >= 0.3 is 6.09 Å². The number of rotatable bonds is 9. The van der Waals surface area contributed by atoms with E-state index in [1.54, 1.807) is 15.8 Å². The highest BCUT2D eigenvalue weighted by atomic mass is 16.6. The third-order valence-electron chi connectivity index (χ3n) is 8.55. The molecule has 0 spiro atoms. The number of ether oxygens (including phenoxy) is 2. The Hall–Kier alpha value is -2.29. The highest BCUT2D eigenvalue weighted by molar-refractivity contribution is 5.96. The normalized spacial score (nSPS) is 31.8. The van der Waals surface area contributed by atoms with Gasteiger partial charge in [-0.15, -0.1) is 0 Å². The number of nitrogens with zero attached hydrogens (tertiary/aromatic N) is 3. The second-order valence-corrected chi connectivity index (χ2v) is 12.3. The number of nitrogens with one attached hydrogen (secondary N) is 1. The summed E-state index contributed by atoms with van der Waals surface area (Å²) in [6.07, 6.45) is 6.64. The molecule has 0 aromatic carbocycles. The van der Waals surface area contributed by atoms with Crippen molar-refractivity contribution < 1.29 is 24.2 Å². The van der Waals surface area contributed by atoms with Gasteiger partial charge in [-0.25, -0.2) is 9.48 Å². The molecule has 4 bridgehead atoms. The lowest BCUT2D eigenvalue weighted by atomic mass is 9.52. The summed E-state index contributed by atoms with van der Waals surface area (Å²) in [7, 11) is 0. The average Bonchev–Trinajstić information content (AvgIpc) is 3.38. The summed E-state index contributed by atoms with van der Waals surface area (Å²) in [6, 6.07) is 0.0979. The minimum atomic E-state index is -0.525. The van der Waals surface area contributed by atoms with Crippen LogP contribution in [0.2, 0.25) is 0 Å². The summed E-state index contributed by atoms with van der Waals surface area (Å²) in [4.78, 5) is 27.3. The average molecular weight is 489 g/mol. The van der Waals surface area contributed by atoms with Crippen LogP contribution >= 0.6 is 0 Å². The Balaban J connectivity index is 1.30. The minimum absolute atomic E-state index is 0.0979. The molecule has 1 aromatic rings. The van der Waals surface area contributed by atoms with E-state index >= 15 is 0 Å². The van der Waals surface area contributed by atoms with Gasteiger partial charge in [0.05, 0.1) is 24.9 Å². The molecule has 1 aromatic heterocycles. The summed E-state index contributed by atoms with van der Waals surface area (Å²) >= 11 is 0. The smallest absolute Gasteiger partial charge is 0.410 e.